The van der Waals surface area contributed by atoms with E-state index in [1.54, 1.807) is 4.57 Å². The first-order valence-corrected chi connectivity index (χ1v) is 9.00. The maximum atomic E-state index is 10.2. The molecule has 1 aliphatic rings. The molecule has 1 unspecified atom stereocenters. The fraction of sp³-hybridized carbons (Fsp3) is 0.583. The number of hydrogen-bond donors (Lipinski definition) is 3. The van der Waals surface area contributed by atoms with E-state index in [9.17, 15) is 15.3 Å². The van der Waals surface area contributed by atoms with Crippen LogP contribution >= 0.6 is 23.5 Å². The minimum Gasteiger partial charge on any atom is -0.394 e. The van der Waals surface area contributed by atoms with Crippen LogP contribution in [0.3, 0.4) is 0 Å². The van der Waals surface area contributed by atoms with Crippen LogP contribution in [-0.4, -0.2) is 72.3 Å². The largest absolute Gasteiger partial charge is 0.394 e. The molecule has 2 aromatic heterocycles. The molecular formula is C12H16N4O4S2. The van der Waals surface area contributed by atoms with E-state index in [2.05, 4.69) is 15.0 Å². The van der Waals surface area contributed by atoms with Crippen LogP contribution in [0.1, 0.15) is 6.23 Å². The third-order valence-electron chi connectivity index (χ3n) is 3.54. The second-order valence-electron chi connectivity index (χ2n) is 4.77. The van der Waals surface area contributed by atoms with Gasteiger partial charge in [-0.15, -0.1) is 11.8 Å². The van der Waals surface area contributed by atoms with Gasteiger partial charge >= 0.3 is 0 Å². The van der Waals surface area contributed by atoms with E-state index in [-0.39, 0.29) is 6.61 Å². The van der Waals surface area contributed by atoms with Crippen LogP contribution < -0.4 is 0 Å². The van der Waals surface area contributed by atoms with Gasteiger partial charge in [-0.2, -0.15) is 0 Å². The lowest BCUT2D eigenvalue weighted by Gasteiger charge is -2.16. The van der Waals surface area contributed by atoms with Crippen LogP contribution in [0.5, 0.6) is 0 Å². The summed E-state index contributed by atoms with van der Waals surface area (Å²) in [5.41, 5.74) is 1.14. The molecule has 1 fully saturated rings. The molecule has 3 rings (SSSR count). The lowest BCUT2D eigenvalue weighted by Crippen LogP contribution is -2.33. The van der Waals surface area contributed by atoms with Gasteiger partial charge in [-0.3, -0.25) is 4.57 Å². The molecular weight excluding hydrogens is 328 g/mol. The predicted octanol–water partition coefficient (Wildman–Crippen LogP) is -0.118. The number of fused-ring (bicyclic) bond motifs is 1. The molecule has 0 aromatic carbocycles. The SMILES string of the molecule is CSc1nc(SC)c2ncn(C3O[C@H](CO)[C@@H](O)[C@H]3O)c2n1. The van der Waals surface area contributed by atoms with E-state index in [0.717, 1.165) is 5.03 Å². The highest BCUT2D eigenvalue weighted by Crippen LogP contribution is 2.33. The van der Waals surface area contributed by atoms with E-state index >= 15 is 0 Å². The monoisotopic (exact) mass is 344 g/mol. The maximum absolute atomic E-state index is 10.2. The molecule has 0 spiro atoms. The number of imidazole rings is 1. The van der Waals surface area contributed by atoms with Crippen molar-refractivity contribution in [3.8, 4) is 0 Å². The van der Waals surface area contributed by atoms with Crippen molar-refractivity contribution in [2.24, 2.45) is 0 Å². The van der Waals surface area contributed by atoms with Gasteiger partial charge < -0.3 is 20.1 Å². The number of rotatable bonds is 4. The van der Waals surface area contributed by atoms with Crippen molar-refractivity contribution < 1.29 is 20.1 Å². The number of aromatic nitrogens is 4. The Balaban J connectivity index is 2.08. The van der Waals surface area contributed by atoms with E-state index in [0.29, 0.717) is 16.3 Å². The molecule has 1 aliphatic heterocycles. The van der Waals surface area contributed by atoms with Gasteiger partial charge in [0.05, 0.1) is 12.9 Å². The zero-order valence-electron chi connectivity index (χ0n) is 11.9. The molecule has 10 heteroatoms. The molecule has 3 N–H and O–H groups in total. The average molecular weight is 344 g/mol. The van der Waals surface area contributed by atoms with Crippen molar-refractivity contribution in [1.29, 1.82) is 0 Å². The van der Waals surface area contributed by atoms with Gasteiger partial charge in [0.2, 0.25) is 0 Å². The molecule has 22 heavy (non-hydrogen) atoms. The average Bonchev–Trinajstić information content (AvgIpc) is 3.08. The third kappa shape index (κ3) is 2.49. The van der Waals surface area contributed by atoms with Crippen LogP contribution in [0.15, 0.2) is 16.5 Å². The van der Waals surface area contributed by atoms with E-state index < -0.39 is 24.5 Å². The van der Waals surface area contributed by atoms with Crippen molar-refractivity contribution in [1.82, 2.24) is 19.5 Å². The van der Waals surface area contributed by atoms with Gasteiger partial charge in [0.1, 0.15) is 28.9 Å². The highest BCUT2D eigenvalue weighted by Gasteiger charge is 2.44. The minimum atomic E-state index is -1.17. The van der Waals surface area contributed by atoms with Gasteiger partial charge in [-0.25, -0.2) is 15.0 Å². The minimum absolute atomic E-state index is 0.373. The summed E-state index contributed by atoms with van der Waals surface area (Å²) in [5, 5.41) is 30.6. The summed E-state index contributed by atoms with van der Waals surface area (Å²) >= 11 is 2.86. The van der Waals surface area contributed by atoms with E-state index in [1.165, 1.54) is 29.9 Å². The summed E-state index contributed by atoms with van der Waals surface area (Å²) < 4.78 is 7.10. The standard InChI is InChI=1S/C12H16N4O4S2/c1-21-10-6-9(14-12(15-10)22-2)16(4-13-6)11-8(19)7(18)5(3-17)20-11/h4-5,7-8,11,17-19H,3H2,1-2H3/t5-,7-,8-,11?/m1/s1. The third-order valence-corrected chi connectivity index (χ3v) is 4.76. The molecule has 0 radical (unpaired) electrons. The summed E-state index contributed by atoms with van der Waals surface area (Å²) in [5.74, 6) is 0. The van der Waals surface area contributed by atoms with Crippen LogP contribution in [-0.2, 0) is 4.74 Å². The normalized spacial score (nSPS) is 28.6. The molecule has 0 bridgehead atoms. The van der Waals surface area contributed by atoms with Crippen molar-refractivity contribution in [3.05, 3.63) is 6.33 Å². The van der Waals surface area contributed by atoms with Crippen LogP contribution in [0.25, 0.3) is 11.2 Å². The van der Waals surface area contributed by atoms with Crippen LogP contribution in [0.4, 0.5) is 0 Å². The van der Waals surface area contributed by atoms with E-state index in [1.807, 2.05) is 12.5 Å². The molecule has 1 saturated heterocycles. The molecule has 2 aromatic rings. The van der Waals surface area contributed by atoms with Gasteiger partial charge in [0.25, 0.3) is 0 Å². The second kappa shape index (κ2) is 6.30. The Bertz CT molecular complexity index is 682. The number of nitrogens with zero attached hydrogens (tertiary/aromatic N) is 4. The highest BCUT2D eigenvalue weighted by atomic mass is 32.2. The first kappa shape index (κ1) is 16.0. The molecule has 4 atom stereocenters. The maximum Gasteiger partial charge on any atom is 0.190 e. The Hall–Kier alpha value is -0.910. The van der Waals surface area contributed by atoms with E-state index in [4.69, 9.17) is 4.74 Å². The number of aliphatic hydroxyl groups is 3. The summed E-state index contributed by atoms with van der Waals surface area (Å²) in [6.45, 7) is -0.373. The molecule has 0 aliphatic carbocycles. The fourth-order valence-electron chi connectivity index (χ4n) is 2.40. The van der Waals surface area contributed by atoms with Crippen LogP contribution in [0.2, 0.25) is 0 Å². The predicted molar refractivity (Wildman–Crippen MR) is 81.9 cm³/mol. The van der Waals surface area contributed by atoms with Gasteiger partial charge in [-0.1, -0.05) is 11.8 Å². The Morgan fingerprint density at radius 1 is 1.23 bits per heavy atom. The fourth-order valence-corrected chi connectivity index (χ4v) is 3.33. The quantitative estimate of drug-likeness (QED) is 0.397. The zero-order chi connectivity index (χ0) is 15.9. The Morgan fingerprint density at radius 2 is 2.00 bits per heavy atom. The molecule has 3 heterocycles. The van der Waals surface area contributed by atoms with Crippen molar-refractivity contribution in [2.75, 3.05) is 19.1 Å². The summed E-state index contributed by atoms with van der Waals surface area (Å²) in [6, 6.07) is 0. The van der Waals surface area contributed by atoms with Gasteiger partial charge in [0.15, 0.2) is 17.0 Å². The molecule has 120 valence electrons. The lowest BCUT2D eigenvalue weighted by molar-refractivity contribution is -0.0511. The topological polar surface area (TPSA) is 114 Å². The van der Waals surface area contributed by atoms with Crippen LogP contribution in [0, 0.1) is 0 Å². The Kier molecular flexibility index (Phi) is 4.57. The molecule has 0 amide bonds. The Labute approximate surface area is 134 Å². The Morgan fingerprint density at radius 3 is 2.59 bits per heavy atom. The van der Waals surface area contributed by atoms with Gasteiger partial charge in [0, 0.05) is 0 Å². The zero-order valence-corrected chi connectivity index (χ0v) is 13.6. The number of aliphatic hydroxyl groups excluding tert-OH is 3. The number of hydrogen-bond acceptors (Lipinski definition) is 9. The first-order valence-electron chi connectivity index (χ1n) is 6.55. The van der Waals surface area contributed by atoms with Crippen molar-refractivity contribution >= 4 is 34.7 Å². The summed E-state index contributed by atoms with van der Waals surface area (Å²) in [4.78, 5) is 13.1. The second-order valence-corrected chi connectivity index (χ2v) is 6.34. The summed E-state index contributed by atoms with van der Waals surface area (Å²) in [6.07, 6.45) is 1.27. The molecule has 0 saturated carbocycles. The van der Waals surface area contributed by atoms with Gasteiger partial charge in [-0.05, 0) is 12.5 Å². The highest BCUT2D eigenvalue weighted by molar-refractivity contribution is 7.99. The molecule has 8 nitrogen and oxygen atoms in total. The summed E-state index contributed by atoms with van der Waals surface area (Å²) in [7, 11) is 0. The number of ether oxygens (including phenoxy) is 1. The number of thioether (sulfide) groups is 2. The first-order chi connectivity index (χ1) is 10.6. The van der Waals surface area contributed by atoms with Crippen molar-refractivity contribution in [2.45, 2.75) is 34.7 Å². The van der Waals surface area contributed by atoms with Crippen molar-refractivity contribution in [3.63, 3.8) is 0 Å². The lowest BCUT2D eigenvalue weighted by atomic mass is 10.1. The smallest absolute Gasteiger partial charge is 0.190 e.